The van der Waals surface area contributed by atoms with Crippen LogP contribution < -0.4 is 9.80 Å². The number of benzene rings is 9. The zero-order valence-corrected chi connectivity index (χ0v) is 32.9. The Labute approximate surface area is 336 Å². The van der Waals surface area contributed by atoms with Gasteiger partial charge in [0, 0.05) is 61.7 Å². The molecule has 0 saturated carbocycles. The molecule has 0 atom stereocenters. The largest absolute Gasteiger partial charge is 0.456 e. The number of rotatable bonds is 6. The van der Waals surface area contributed by atoms with Crippen LogP contribution in [0.3, 0.4) is 0 Å². The van der Waals surface area contributed by atoms with Crippen LogP contribution in [-0.2, 0) is 0 Å². The summed E-state index contributed by atoms with van der Waals surface area (Å²) in [5.41, 5.74) is 15.0. The monoisotopic (exact) mass is 748 g/mol. The number of aryl methyl sites for hydroxylation is 4. The topological polar surface area (TPSA) is 32.8 Å². The summed E-state index contributed by atoms with van der Waals surface area (Å²) in [4.78, 5) is 4.68. The van der Waals surface area contributed by atoms with Crippen LogP contribution in [0.15, 0.2) is 179 Å². The molecule has 4 heteroatoms. The number of nitrogens with zero attached hydrogens (tertiary/aromatic N) is 2. The summed E-state index contributed by atoms with van der Waals surface area (Å²) in [5.74, 6) is 0. The molecule has 0 N–H and O–H groups in total. The van der Waals surface area contributed by atoms with Crippen LogP contribution in [0.1, 0.15) is 22.3 Å². The molecule has 0 saturated heterocycles. The van der Waals surface area contributed by atoms with E-state index < -0.39 is 0 Å². The van der Waals surface area contributed by atoms with Gasteiger partial charge in [-0.3, -0.25) is 0 Å². The van der Waals surface area contributed by atoms with Gasteiger partial charge in [0.25, 0.3) is 0 Å². The highest BCUT2D eigenvalue weighted by Gasteiger charge is 2.19. The van der Waals surface area contributed by atoms with Crippen molar-refractivity contribution in [2.24, 2.45) is 0 Å². The smallest absolute Gasteiger partial charge is 0.139 e. The van der Waals surface area contributed by atoms with Crippen molar-refractivity contribution in [2.45, 2.75) is 27.7 Å². The van der Waals surface area contributed by atoms with Crippen LogP contribution in [0, 0.1) is 27.7 Å². The van der Waals surface area contributed by atoms with Gasteiger partial charge in [0.05, 0.1) is 0 Å². The van der Waals surface area contributed by atoms with Gasteiger partial charge >= 0.3 is 0 Å². The lowest BCUT2D eigenvalue weighted by Crippen LogP contribution is -2.11. The predicted molar refractivity (Wildman–Crippen MR) is 244 cm³/mol. The number of hydrogen-bond donors (Lipinski definition) is 0. The molecule has 0 aliphatic carbocycles. The summed E-state index contributed by atoms with van der Waals surface area (Å²) in [6, 6.07) is 61.2. The first-order valence-electron chi connectivity index (χ1n) is 19.9. The number of para-hydroxylation sites is 2. The summed E-state index contributed by atoms with van der Waals surface area (Å²) in [6.45, 7) is 8.59. The van der Waals surface area contributed by atoms with Crippen molar-refractivity contribution in [1.82, 2.24) is 0 Å². The predicted octanol–water partition coefficient (Wildman–Crippen LogP) is 16.0. The Morgan fingerprint density at radius 1 is 0.310 bits per heavy atom. The van der Waals surface area contributed by atoms with E-state index >= 15 is 0 Å². The molecule has 0 unspecified atom stereocenters. The second kappa shape index (κ2) is 13.1. The highest BCUT2D eigenvalue weighted by molar-refractivity contribution is 6.18. The van der Waals surface area contributed by atoms with Crippen molar-refractivity contribution in [1.29, 1.82) is 0 Å². The second-order valence-corrected chi connectivity index (χ2v) is 15.7. The van der Waals surface area contributed by atoms with Crippen molar-refractivity contribution < 1.29 is 8.83 Å². The fraction of sp³-hybridized carbons (Fsp3) is 0.0741. The lowest BCUT2D eigenvalue weighted by molar-refractivity contribution is 0.656. The molecule has 2 heterocycles. The minimum atomic E-state index is 0.817. The number of fused-ring (bicyclic) bond motifs is 8. The summed E-state index contributed by atoms with van der Waals surface area (Å²) in [6.07, 6.45) is 0. The normalized spacial score (nSPS) is 11.8. The standard InChI is InChI=1S/C54H40N2O2/c1-33-13-19-41(20-14-33)55(49-11-7-5-9-35(49)3)43-23-17-37-27-45-47-31-48-46-28-38-18-24-44(56(42-21-15-34(2)16-22-42)50-12-8-6-10-36(50)4)26-40(38)30-52(46)58-54(48)32-53(47)57-51(45)29-39(37)25-43/h5-32H,1-4H3. The Balaban J connectivity index is 1.01. The average Bonchev–Trinajstić information content (AvgIpc) is 3.76. The van der Waals surface area contributed by atoms with Crippen molar-refractivity contribution >= 4 is 99.5 Å². The molecular formula is C54H40N2O2. The van der Waals surface area contributed by atoms with Crippen LogP contribution >= 0.6 is 0 Å². The fourth-order valence-corrected chi connectivity index (χ4v) is 8.66. The Morgan fingerprint density at radius 3 is 1.12 bits per heavy atom. The van der Waals surface area contributed by atoms with Crippen molar-refractivity contribution in [3.05, 3.63) is 192 Å². The highest BCUT2D eigenvalue weighted by Crippen LogP contribution is 2.43. The molecule has 0 aliphatic rings. The summed E-state index contributed by atoms with van der Waals surface area (Å²) >= 11 is 0. The molecule has 11 aromatic rings. The van der Waals surface area contributed by atoms with Crippen LogP contribution in [-0.4, -0.2) is 0 Å². The Morgan fingerprint density at radius 2 is 0.690 bits per heavy atom. The maximum atomic E-state index is 6.61. The number of hydrogen-bond acceptors (Lipinski definition) is 4. The third-order valence-corrected chi connectivity index (χ3v) is 11.8. The zero-order chi connectivity index (χ0) is 39.1. The van der Waals surface area contributed by atoms with Gasteiger partial charge in [0.15, 0.2) is 0 Å². The molecule has 2 aromatic heterocycles. The number of anilines is 6. The molecule has 11 rings (SSSR count). The van der Waals surface area contributed by atoms with E-state index in [-0.39, 0.29) is 0 Å². The maximum Gasteiger partial charge on any atom is 0.139 e. The number of furan rings is 2. The van der Waals surface area contributed by atoms with Gasteiger partial charge in [-0.1, -0.05) is 83.9 Å². The van der Waals surface area contributed by atoms with Crippen LogP contribution in [0.4, 0.5) is 34.1 Å². The molecule has 278 valence electrons. The quantitative estimate of drug-likeness (QED) is 0.170. The lowest BCUT2D eigenvalue weighted by atomic mass is 10.0. The Bertz CT molecular complexity index is 3170. The van der Waals surface area contributed by atoms with Crippen LogP contribution in [0.2, 0.25) is 0 Å². The molecule has 0 fully saturated rings. The van der Waals surface area contributed by atoms with Gasteiger partial charge in [-0.2, -0.15) is 0 Å². The SMILES string of the molecule is Cc1ccc(N(c2ccc3cc4c(cc3c2)oc2cc3oc5cc6cc(N(c7ccc(C)cc7)c7ccccc7C)ccc6cc5c3cc24)c2ccccc2C)cc1. The van der Waals surface area contributed by atoms with Gasteiger partial charge in [-0.05, 0) is 151 Å². The van der Waals surface area contributed by atoms with E-state index in [1.54, 1.807) is 0 Å². The van der Waals surface area contributed by atoms with E-state index in [0.29, 0.717) is 0 Å². The van der Waals surface area contributed by atoms with Gasteiger partial charge in [-0.15, -0.1) is 0 Å². The minimum Gasteiger partial charge on any atom is -0.456 e. The Kier molecular flexibility index (Phi) is 7.70. The molecule has 0 aliphatic heterocycles. The van der Waals surface area contributed by atoms with Gasteiger partial charge in [-0.25, -0.2) is 0 Å². The first-order valence-corrected chi connectivity index (χ1v) is 19.9. The highest BCUT2D eigenvalue weighted by atomic mass is 16.3. The van der Waals surface area contributed by atoms with E-state index in [1.165, 1.54) is 22.3 Å². The van der Waals surface area contributed by atoms with Crippen LogP contribution in [0.25, 0.3) is 65.4 Å². The van der Waals surface area contributed by atoms with Gasteiger partial charge < -0.3 is 18.6 Å². The third-order valence-electron chi connectivity index (χ3n) is 11.8. The first kappa shape index (κ1) is 34.0. The third kappa shape index (κ3) is 5.60. The average molecular weight is 749 g/mol. The lowest BCUT2D eigenvalue weighted by Gasteiger charge is -2.27. The van der Waals surface area contributed by atoms with E-state index in [1.807, 2.05) is 0 Å². The van der Waals surface area contributed by atoms with Crippen LogP contribution in [0.5, 0.6) is 0 Å². The summed E-state index contributed by atoms with van der Waals surface area (Å²) < 4.78 is 13.2. The molecule has 58 heavy (non-hydrogen) atoms. The first-order chi connectivity index (χ1) is 28.3. The molecule has 0 spiro atoms. The summed E-state index contributed by atoms with van der Waals surface area (Å²) in [7, 11) is 0. The van der Waals surface area contributed by atoms with Crippen molar-refractivity contribution in [3.63, 3.8) is 0 Å². The van der Waals surface area contributed by atoms with Gasteiger partial charge in [0.2, 0.25) is 0 Å². The van der Waals surface area contributed by atoms with E-state index in [4.69, 9.17) is 8.83 Å². The van der Waals surface area contributed by atoms with E-state index in [0.717, 1.165) is 99.5 Å². The van der Waals surface area contributed by atoms with Crippen molar-refractivity contribution in [2.75, 3.05) is 9.80 Å². The Hall–Kier alpha value is -7.30. The minimum absolute atomic E-state index is 0.817. The molecule has 0 amide bonds. The molecule has 9 aromatic carbocycles. The van der Waals surface area contributed by atoms with E-state index in [9.17, 15) is 0 Å². The van der Waals surface area contributed by atoms with E-state index in [2.05, 4.69) is 207 Å². The molecular weight excluding hydrogens is 709 g/mol. The molecule has 4 nitrogen and oxygen atoms in total. The zero-order valence-electron chi connectivity index (χ0n) is 32.9. The second-order valence-electron chi connectivity index (χ2n) is 15.7. The maximum absolute atomic E-state index is 6.61. The molecule has 0 radical (unpaired) electrons. The summed E-state index contributed by atoms with van der Waals surface area (Å²) in [5, 5.41) is 8.93. The van der Waals surface area contributed by atoms with Crippen molar-refractivity contribution in [3.8, 4) is 0 Å². The fourth-order valence-electron chi connectivity index (χ4n) is 8.66. The van der Waals surface area contributed by atoms with Gasteiger partial charge in [0.1, 0.15) is 22.3 Å². The molecule has 0 bridgehead atoms.